The van der Waals surface area contributed by atoms with Crippen molar-refractivity contribution in [2.24, 2.45) is 50.2 Å². The summed E-state index contributed by atoms with van der Waals surface area (Å²) < 4.78 is 72.5. The lowest BCUT2D eigenvalue weighted by Gasteiger charge is -2.31. The van der Waals surface area contributed by atoms with Gasteiger partial charge in [0.25, 0.3) is 0 Å². The molecule has 618 valence electrons. The molecule has 19 heteroatoms. The van der Waals surface area contributed by atoms with E-state index in [-0.39, 0.29) is 83.2 Å². The third kappa shape index (κ3) is 42.3. The fourth-order valence-corrected chi connectivity index (χ4v) is 12.4. The lowest BCUT2D eigenvalue weighted by Crippen LogP contribution is -2.22. The molecule has 8 aromatic rings. The van der Waals surface area contributed by atoms with Crippen LogP contribution in [0.25, 0.3) is 0 Å². The fourth-order valence-electron chi connectivity index (χ4n) is 12.4. The number of nitrogens with one attached hydrogen (secondary N) is 1. The predicted molar refractivity (Wildman–Crippen MR) is 461 cm³/mol. The van der Waals surface area contributed by atoms with Gasteiger partial charge in [-0.3, -0.25) is 9.59 Å². The van der Waals surface area contributed by atoms with Crippen molar-refractivity contribution in [3.05, 3.63) is 223 Å². The molecule has 0 bridgehead atoms. The van der Waals surface area contributed by atoms with Crippen LogP contribution >= 0.6 is 0 Å². The molecule has 0 radical (unpaired) electrons. The third-order valence-corrected chi connectivity index (χ3v) is 17.4. The first kappa shape index (κ1) is 101. The monoisotopic (exact) mass is 1570 g/mol. The van der Waals surface area contributed by atoms with Gasteiger partial charge >= 0.3 is 11.6 Å². The van der Waals surface area contributed by atoms with Gasteiger partial charge in [0.2, 0.25) is 17.8 Å². The number of ketones is 2. The number of anilines is 4. The van der Waals surface area contributed by atoms with Gasteiger partial charge in [0.1, 0.15) is 29.1 Å². The van der Waals surface area contributed by atoms with Crippen molar-refractivity contribution in [1.29, 1.82) is 0 Å². The number of rotatable bonds is 16. The first-order valence-electron chi connectivity index (χ1n) is 38.3. The highest BCUT2D eigenvalue weighted by Gasteiger charge is 2.28. The topological polar surface area (TPSA) is 236 Å². The molecule has 1 fully saturated rings. The Hall–Kier alpha value is -8.58. The first-order chi connectivity index (χ1) is 50.7. The molecule has 112 heavy (non-hydrogen) atoms. The van der Waals surface area contributed by atoms with E-state index in [2.05, 4.69) is 184 Å². The van der Waals surface area contributed by atoms with E-state index in [0.29, 0.717) is 36.4 Å². The van der Waals surface area contributed by atoms with Gasteiger partial charge in [-0.2, -0.15) is 8.42 Å². The average Bonchev–Trinajstić information content (AvgIpc) is 0.831. The zero-order valence-corrected chi connectivity index (χ0v) is 71.7. The van der Waals surface area contributed by atoms with Gasteiger partial charge in [0.05, 0.1) is 22.6 Å². The van der Waals surface area contributed by atoms with Crippen LogP contribution in [0.3, 0.4) is 0 Å². The number of nitrogens with two attached hydrogens (primary N) is 3. The quantitative estimate of drug-likeness (QED) is 0.0520. The molecule has 1 aliphatic carbocycles. The van der Waals surface area contributed by atoms with E-state index in [1.54, 1.807) is 45.0 Å². The van der Waals surface area contributed by atoms with Crippen LogP contribution in [0.1, 0.15) is 281 Å². The van der Waals surface area contributed by atoms with Crippen molar-refractivity contribution >= 4 is 46.7 Å². The molecule has 14 nitrogen and oxygen atoms in total. The van der Waals surface area contributed by atoms with Crippen molar-refractivity contribution in [1.82, 2.24) is 29.9 Å². The van der Waals surface area contributed by atoms with Crippen molar-refractivity contribution in [2.75, 3.05) is 29.1 Å². The van der Waals surface area contributed by atoms with Crippen LogP contribution in [-0.2, 0) is 54.9 Å². The molecule has 3 aromatic heterocycles. The molecule has 1 aliphatic rings. The second-order valence-corrected chi connectivity index (χ2v) is 37.1. The zero-order chi connectivity index (χ0) is 83.5. The maximum absolute atomic E-state index is 14.2. The van der Waals surface area contributed by atoms with Crippen LogP contribution in [0, 0.1) is 108 Å². The van der Waals surface area contributed by atoms with Crippen molar-refractivity contribution in [3.63, 3.8) is 0 Å². The second kappa shape index (κ2) is 45.9. The van der Waals surface area contributed by atoms with E-state index >= 15 is 0 Å². The summed E-state index contributed by atoms with van der Waals surface area (Å²) in [6.07, 6.45) is 10.6. The van der Waals surface area contributed by atoms with Crippen LogP contribution in [0.5, 0.6) is 0 Å². The normalized spacial score (nSPS) is 13.4. The number of aromatic nitrogens is 6. The highest BCUT2D eigenvalue weighted by molar-refractivity contribution is 7.51. The fraction of sp³-hybridized carbons (Fsp3) is 0.527. The molecule has 0 spiro atoms. The molecule has 3 heterocycles. The molecule has 9 rings (SSSR count). The number of Topliss-reactive ketones (excluding diaryl/α,β-unsaturated/α-hetero) is 2. The van der Waals surface area contributed by atoms with Crippen LogP contribution in [0.15, 0.2) is 115 Å². The summed E-state index contributed by atoms with van der Waals surface area (Å²) in [6, 6.07) is 35.0. The Morgan fingerprint density at radius 1 is 0.446 bits per heavy atom. The Bertz CT molecular complexity index is 4090. The lowest BCUT2D eigenvalue weighted by molar-refractivity contribution is -0.122. The minimum Gasteiger partial charge on any atom is -0.385 e. The van der Waals surface area contributed by atoms with Crippen molar-refractivity contribution in [3.8, 4) is 0 Å². The zero-order valence-electron chi connectivity index (χ0n) is 70.9. The van der Waals surface area contributed by atoms with E-state index in [9.17, 15) is 27.2 Å². The summed E-state index contributed by atoms with van der Waals surface area (Å²) in [4.78, 5) is 48.7. The van der Waals surface area contributed by atoms with E-state index < -0.39 is 22.8 Å². The summed E-state index contributed by atoms with van der Waals surface area (Å²) in [5.41, 5.74) is 30.3. The largest absolute Gasteiger partial charge is 0.385 e. The molecule has 7 N–H and O–H groups in total. The molecular formula is C93H138F4N10O4S. The van der Waals surface area contributed by atoms with Crippen molar-refractivity contribution < 1.29 is 35.6 Å². The van der Waals surface area contributed by atoms with E-state index in [1.807, 2.05) is 82.3 Å². The molecular weight excluding hydrogens is 1430 g/mol. The second-order valence-electron chi connectivity index (χ2n) is 37.0. The van der Waals surface area contributed by atoms with Gasteiger partial charge < -0.3 is 22.5 Å². The standard InChI is InChI=1S/C17H20FN3O.2C17H22FN3.C16H30O.C12H17F.C12H19N.2CH4.O2S/c1-10-7-12(21-16(19)20-10)8-11-5-6-13(14(18)9-11)15(22)17(2,3)4;2*1-11-7-14(21-16(19)20-11)8-12-5-6-13(15(18)9-12)10-17(2,3)4;1-12(2)14-8-6-13(7-9-14)10-15(17)11-16(3,4)5;1-9-5-6-10(11(13)7-9)8-12(2,3)4;1-10-5-7-11(8-6-10)13-9-12(2,3)4;;;1-3-2/h5-7,9H,8H2,1-4H3,(H2,19,20,21);2*5-7,9H,8,10H2,1-4H3,(H2,19,20,21);12-14H,6-11H2,1-5H3;5-7H,8H2,1-4H3;5-8,13H,9H2,1-4H3;2*1H4;. The average molecular weight is 1570 g/mol. The van der Waals surface area contributed by atoms with Crippen LogP contribution in [-0.4, -0.2) is 56.4 Å². The molecule has 1 saturated carbocycles. The SMILES string of the molecule is C.C.CC(C)C1CCC(CC(=O)CC(C)(C)C)CC1.Cc1cc(Cc2ccc(C(=O)C(C)(C)C)c(F)c2)nc(N)n1.Cc1cc(Cc2ccc(CC(C)(C)C)c(F)c2)nc(N)n1.Cc1cc(Cc2ccc(CC(C)(C)C)c(F)c2)nc(N)n1.Cc1ccc(CC(C)(C)C)c(F)c1.Cc1ccc(NCC(C)(C)C)cc1.O=S=O. The highest BCUT2D eigenvalue weighted by Crippen LogP contribution is 2.36. The number of nitrogens with zero attached hydrogens (tertiary/aromatic N) is 6. The smallest absolute Gasteiger partial charge is 0.335 e. The Balaban J connectivity index is 0.000000671. The molecule has 0 saturated heterocycles. The Morgan fingerprint density at radius 2 is 0.786 bits per heavy atom. The summed E-state index contributed by atoms with van der Waals surface area (Å²) in [6.45, 7) is 52.7. The molecule has 0 aliphatic heterocycles. The molecule has 5 aromatic carbocycles. The minimum absolute atomic E-state index is 0. The van der Waals surface area contributed by atoms with Gasteiger partial charge in [-0.15, -0.1) is 0 Å². The van der Waals surface area contributed by atoms with Crippen LogP contribution in [0.4, 0.5) is 41.1 Å². The van der Waals surface area contributed by atoms with Crippen LogP contribution in [0.2, 0.25) is 0 Å². The number of hydrogen-bond donors (Lipinski definition) is 4. The van der Waals surface area contributed by atoms with Crippen molar-refractivity contribution in [2.45, 2.75) is 265 Å². The molecule has 0 unspecified atom stereocenters. The Kier molecular flexibility index (Phi) is 41.6. The molecule has 0 amide bonds. The number of carbonyl (C=O) groups excluding carboxylic acids is 2. The van der Waals surface area contributed by atoms with Gasteiger partial charge in [-0.25, -0.2) is 47.5 Å². The highest BCUT2D eigenvalue weighted by atomic mass is 32.1. The van der Waals surface area contributed by atoms with E-state index in [0.717, 1.165) is 124 Å². The third-order valence-electron chi connectivity index (χ3n) is 17.4. The Labute approximate surface area is 675 Å². The summed E-state index contributed by atoms with van der Waals surface area (Å²) in [5, 5.41) is 3.41. The van der Waals surface area contributed by atoms with Gasteiger partial charge in [0.15, 0.2) is 5.78 Å². The number of nitrogen functional groups attached to an aromatic ring is 3. The van der Waals surface area contributed by atoms with Gasteiger partial charge in [-0.05, 0) is 224 Å². The number of benzene rings is 5. The number of carbonyl (C=O) groups is 2. The van der Waals surface area contributed by atoms with E-state index in [1.165, 1.54) is 49.1 Å². The van der Waals surface area contributed by atoms with Gasteiger partial charge in [0, 0.05) is 66.8 Å². The minimum atomic E-state index is -0.750. The Morgan fingerprint density at radius 3 is 1.09 bits per heavy atom. The summed E-state index contributed by atoms with van der Waals surface area (Å²) in [5.74, 6) is 2.52. The first-order valence-corrected chi connectivity index (χ1v) is 39.0. The van der Waals surface area contributed by atoms with E-state index in [4.69, 9.17) is 25.6 Å². The lowest BCUT2D eigenvalue weighted by atomic mass is 9.75. The number of aryl methyl sites for hydroxylation is 5. The van der Waals surface area contributed by atoms with Crippen LogP contribution < -0.4 is 22.5 Å². The summed E-state index contributed by atoms with van der Waals surface area (Å²) in [7, 11) is 0. The predicted octanol–water partition coefficient (Wildman–Crippen LogP) is 23.3. The molecule has 0 atom stereocenters. The summed E-state index contributed by atoms with van der Waals surface area (Å²) >= 11 is -0.750. The number of halogens is 4. The maximum atomic E-state index is 14.2. The maximum Gasteiger partial charge on any atom is 0.335 e. The number of hydrogen-bond acceptors (Lipinski definition) is 14. The van der Waals surface area contributed by atoms with Gasteiger partial charge in [-0.1, -0.05) is 213 Å².